The van der Waals surface area contributed by atoms with E-state index in [1.807, 2.05) is 0 Å². The number of aromatic nitrogens is 2. The molecule has 0 amide bonds. The molecule has 0 spiro atoms. The summed E-state index contributed by atoms with van der Waals surface area (Å²) in [5.74, 6) is -0.961. The third kappa shape index (κ3) is 1.61. The van der Waals surface area contributed by atoms with Gasteiger partial charge in [-0.3, -0.25) is 0 Å². The highest BCUT2D eigenvalue weighted by molar-refractivity contribution is 5.20. The maximum absolute atomic E-state index is 12.2. The summed E-state index contributed by atoms with van der Waals surface area (Å²) in [6, 6.07) is 0. The number of hydrogen-bond acceptors (Lipinski definition) is 2. The average molecular weight is 206 g/mol. The van der Waals surface area contributed by atoms with E-state index >= 15 is 0 Å². The van der Waals surface area contributed by atoms with Crippen LogP contribution in [0.3, 0.4) is 0 Å². The Morgan fingerprint density at radius 1 is 1.43 bits per heavy atom. The minimum atomic E-state index is -4.43. The van der Waals surface area contributed by atoms with Gasteiger partial charge < -0.3 is 10.1 Å². The number of aryl methyl sites for hydroxylation is 1. The number of rotatable bonds is 0. The third-order valence-electron chi connectivity index (χ3n) is 2.29. The van der Waals surface area contributed by atoms with Crippen LogP contribution in [-0.2, 0) is 19.0 Å². The molecule has 0 saturated heterocycles. The molecule has 78 valence electrons. The van der Waals surface area contributed by atoms with Crippen LogP contribution < -0.4 is 0 Å². The van der Waals surface area contributed by atoms with Crippen LogP contribution in [0.2, 0.25) is 0 Å². The zero-order chi connectivity index (χ0) is 10.3. The van der Waals surface area contributed by atoms with Gasteiger partial charge in [-0.05, 0) is 12.8 Å². The number of imidazole rings is 1. The monoisotopic (exact) mass is 206 g/mol. The first kappa shape index (κ1) is 9.51. The summed E-state index contributed by atoms with van der Waals surface area (Å²) in [6.07, 6.45) is -3.86. The Morgan fingerprint density at radius 2 is 2.14 bits per heavy atom. The fourth-order valence-corrected chi connectivity index (χ4v) is 1.60. The van der Waals surface area contributed by atoms with Crippen molar-refractivity contribution in [3.05, 3.63) is 17.2 Å². The zero-order valence-electron chi connectivity index (χ0n) is 7.23. The molecule has 0 aromatic carbocycles. The van der Waals surface area contributed by atoms with Gasteiger partial charge in [0.05, 0.1) is 11.8 Å². The van der Waals surface area contributed by atoms with Gasteiger partial charge in [0.25, 0.3) is 0 Å². The van der Waals surface area contributed by atoms with Gasteiger partial charge in [-0.15, -0.1) is 0 Å². The van der Waals surface area contributed by atoms with E-state index in [-0.39, 0.29) is 6.42 Å². The van der Waals surface area contributed by atoms with E-state index in [2.05, 4.69) is 9.97 Å². The summed E-state index contributed by atoms with van der Waals surface area (Å²) in [4.78, 5) is 5.67. The number of nitrogens with zero attached hydrogens (tertiary/aromatic N) is 1. The SMILES string of the molecule is OC1CCc2nc(C(F)(F)F)[nH]c2C1. The lowest BCUT2D eigenvalue weighted by atomic mass is 9.99. The summed E-state index contributed by atoms with van der Waals surface area (Å²) < 4.78 is 36.6. The number of H-pyrrole nitrogens is 1. The lowest BCUT2D eigenvalue weighted by molar-refractivity contribution is -0.144. The standard InChI is InChI=1S/C8H9F3N2O/c9-8(10,11)7-12-5-2-1-4(14)3-6(5)13-7/h4,14H,1-3H2,(H,12,13). The Labute approximate surface area is 78.0 Å². The summed E-state index contributed by atoms with van der Waals surface area (Å²) in [6.45, 7) is 0. The Morgan fingerprint density at radius 3 is 2.79 bits per heavy atom. The highest BCUT2D eigenvalue weighted by Crippen LogP contribution is 2.29. The molecule has 1 heterocycles. The van der Waals surface area contributed by atoms with Gasteiger partial charge in [0, 0.05) is 12.1 Å². The molecule has 1 aliphatic carbocycles. The zero-order valence-corrected chi connectivity index (χ0v) is 7.23. The lowest BCUT2D eigenvalue weighted by Gasteiger charge is -2.14. The first-order valence-corrected chi connectivity index (χ1v) is 4.30. The van der Waals surface area contributed by atoms with Gasteiger partial charge in [-0.1, -0.05) is 0 Å². The normalized spacial score (nSPS) is 22.1. The van der Waals surface area contributed by atoms with Crippen molar-refractivity contribution < 1.29 is 18.3 Å². The average Bonchev–Trinajstić information content (AvgIpc) is 2.45. The number of halogens is 3. The van der Waals surface area contributed by atoms with Crippen LogP contribution in [-0.4, -0.2) is 21.2 Å². The van der Waals surface area contributed by atoms with Crippen LogP contribution in [0.15, 0.2) is 0 Å². The topological polar surface area (TPSA) is 48.9 Å². The van der Waals surface area contributed by atoms with Crippen molar-refractivity contribution >= 4 is 0 Å². The van der Waals surface area contributed by atoms with E-state index < -0.39 is 18.1 Å². The van der Waals surface area contributed by atoms with Gasteiger partial charge in [-0.25, -0.2) is 4.98 Å². The number of aliphatic hydroxyl groups is 1. The largest absolute Gasteiger partial charge is 0.449 e. The molecule has 1 aliphatic rings. The van der Waals surface area contributed by atoms with Gasteiger partial charge in [-0.2, -0.15) is 13.2 Å². The molecule has 14 heavy (non-hydrogen) atoms. The number of hydrogen-bond donors (Lipinski definition) is 2. The minimum Gasteiger partial charge on any atom is -0.393 e. The molecular weight excluding hydrogens is 197 g/mol. The molecule has 0 saturated carbocycles. The van der Waals surface area contributed by atoms with Crippen molar-refractivity contribution in [3.63, 3.8) is 0 Å². The van der Waals surface area contributed by atoms with Crippen molar-refractivity contribution in [1.82, 2.24) is 9.97 Å². The van der Waals surface area contributed by atoms with Crippen molar-refractivity contribution in [2.24, 2.45) is 0 Å². The number of aliphatic hydroxyl groups excluding tert-OH is 1. The molecule has 2 N–H and O–H groups in total. The number of nitrogens with one attached hydrogen (secondary N) is 1. The molecule has 2 rings (SSSR count). The van der Waals surface area contributed by atoms with Crippen LogP contribution in [0.1, 0.15) is 23.6 Å². The molecule has 0 fully saturated rings. The molecule has 3 nitrogen and oxygen atoms in total. The van der Waals surface area contributed by atoms with E-state index in [9.17, 15) is 18.3 Å². The van der Waals surface area contributed by atoms with Crippen LogP contribution in [0.4, 0.5) is 13.2 Å². The van der Waals surface area contributed by atoms with Crippen LogP contribution in [0, 0.1) is 0 Å². The summed E-state index contributed by atoms with van der Waals surface area (Å²) in [5, 5.41) is 9.24. The van der Waals surface area contributed by atoms with Gasteiger partial charge in [0.2, 0.25) is 5.82 Å². The van der Waals surface area contributed by atoms with Crippen LogP contribution in [0.25, 0.3) is 0 Å². The van der Waals surface area contributed by atoms with Crippen molar-refractivity contribution in [3.8, 4) is 0 Å². The van der Waals surface area contributed by atoms with Crippen LogP contribution >= 0.6 is 0 Å². The first-order valence-electron chi connectivity index (χ1n) is 4.30. The predicted molar refractivity (Wildman–Crippen MR) is 41.6 cm³/mol. The minimum absolute atomic E-state index is 0.235. The highest BCUT2D eigenvalue weighted by Gasteiger charge is 2.36. The quantitative estimate of drug-likeness (QED) is 0.671. The number of aromatic amines is 1. The molecule has 0 bridgehead atoms. The fraction of sp³-hybridized carbons (Fsp3) is 0.625. The molecular formula is C8H9F3N2O. The van der Waals surface area contributed by atoms with Gasteiger partial charge >= 0.3 is 6.18 Å². The smallest absolute Gasteiger partial charge is 0.393 e. The second-order valence-electron chi connectivity index (χ2n) is 3.41. The molecule has 1 aromatic rings. The Kier molecular flexibility index (Phi) is 2.02. The van der Waals surface area contributed by atoms with Crippen LogP contribution in [0.5, 0.6) is 0 Å². The second-order valence-corrected chi connectivity index (χ2v) is 3.41. The number of fused-ring (bicyclic) bond motifs is 1. The lowest BCUT2D eigenvalue weighted by Crippen LogP contribution is -2.18. The Bertz CT molecular complexity index is 345. The highest BCUT2D eigenvalue weighted by atomic mass is 19.4. The number of alkyl halides is 3. The Hall–Kier alpha value is -1.04. The van der Waals surface area contributed by atoms with Crippen molar-refractivity contribution in [2.75, 3.05) is 0 Å². The van der Waals surface area contributed by atoms with E-state index in [1.54, 1.807) is 0 Å². The Balaban J connectivity index is 2.32. The molecule has 1 atom stereocenters. The maximum Gasteiger partial charge on any atom is 0.449 e. The van der Waals surface area contributed by atoms with E-state index in [0.29, 0.717) is 24.2 Å². The van der Waals surface area contributed by atoms with E-state index in [4.69, 9.17) is 0 Å². The molecule has 6 heteroatoms. The molecule has 1 unspecified atom stereocenters. The predicted octanol–water partition coefficient (Wildman–Crippen LogP) is 1.28. The molecule has 0 aliphatic heterocycles. The second kappa shape index (κ2) is 2.98. The van der Waals surface area contributed by atoms with Gasteiger partial charge in [0.15, 0.2) is 0 Å². The first-order chi connectivity index (χ1) is 6.47. The summed E-state index contributed by atoms with van der Waals surface area (Å²) in [5.41, 5.74) is 0.846. The molecule has 0 radical (unpaired) electrons. The third-order valence-corrected chi connectivity index (χ3v) is 2.29. The maximum atomic E-state index is 12.2. The summed E-state index contributed by atoms with van der Waals surface area (Å²) in [7, 11) is 0. The van der Waals surface area contributed by atoms with Crippen molar-refractivity contribution in [1.29, 1.82) is 0 Å². The summed E-state index contributed by atoms with van der Waals surface area (Å²) >= 11 is 0. The van der Waals surface area contributed by atoms with Crippen molar-refractivity contribution in [2.45, 2.75) is 31.5 Å². The van der Waals surface area contributed by atoms with Gasteiger partial charge in [0.1, 0.15) is 0 Å². The van der Waals surface area contributed by atoms with E-state index in [1.165, 1.54) is 0 Å². The molecule has 1 aromatic heterocycles. The van der Waals surface area contributed by atoms with E-state index in [0.717, 1.165) is 0 Å². The fourth-order valence-electron chi connectivity index (χ4n) is 1.60.